The molecule has 109 valence electrons. The van der Waals surface area contributed by atoms with Crippen molar-refractivity contribution in [1.82, 2.24) is 0 Å². The minimum absolute atomic E-state index is 0.0742. The van der Waals surface area contributed by atoms with Crippen molar-refractivity contribution >= 4 is 0 Å². The zero-order valence-corrected chi connectivity index (χ0v) is 12.9. The molecule has 1 spiro atoms. The lowest BCUT2D eigenvalue weighted by Crippen LogP contribution is -2.46. The van der Waals surface area contributed by atoms with Crippen LogP contribution in [-0.4, -0.2) is 0 Å². The molecule has 0 fully saturated rings. The van der Waals surface area contributed by atoms with E-state index in [2.05, 4.69) is 72.9 Å². The summed E-state index contributed by atoms with van der Waals surface area (Å²) >= 11 is 0. The van der Waals surface area contributed by atoms with Crippen molar-refractivity contribution in [2.45, 2.75) is 12.8 Å². The summed E-state index contributed by atoms with van der Waals surface area (Å²) in [5.41, 5.74) is 9.08. The van der Waals surface area contributed by atoms with Gasteiger partial charge < -0.3 is 0 Å². The van der Waals surface area contributed by atoms with Gasteiger partial charge in [-0.3, -0.25) is 0 Å². The first kappa shape index (κ1) is 12.1. The third-order valence-corrected chi connectivity index (χ3v) is 6.28. The van der Waals surface area contributed by atoms with Crippen LogP contribution in [0.25, 0.3) is 0 Å². The second kappa shape index (κ2) is 3.94. The topological polar surface area (TPSA) is 0 Å². The summed E-state index contributed by atoms with van der Waals surface area (Å²) < 4.78 is 0. The molecule has 0 saturated heterocycles. The van der Waals surface area contributed by atoms with Gasteiger partial charge in [-0.1, -0.05) is 60.8 Å². The second-order valence-electron chi connectivity index (χ2n) is 7.25. The molecule has 0 amide bonds. The monoisotopic (exact) mass is 293 g/mol. The lowest BCUT2D eigenvalue weighted by molar-refractivity contribution is 0.277. The molecule has 0 aromatic carbocycles. The van der Waals surface area contributed by atoms with E-state index >= 15 is 0 Å². The van der Waals surface area contributed by atoms with E-state index in [9.17, 15) is 0 Å². The van der Waals surface area contributed by atoms with Crippen molar-refractivity contribution in [3.8, 4) is 0 Å². The van der Waals surface area contributed by atoms with E-state index < -0.39 is 0 Å². The van der Waals surface area contributed by atoms with Crippen molar-refractivity contribution in [2.75, 3.05) is 0 Å². The minimum atomic E-state index is 0.0742. The first-order valence-electron chi connectivity index (χ1n) is 8.57. The van der Waals surface area contributed by atoms with Gasteiger partial charge in [0.2, 0.25) is 0 Å². The van der Waals surface area contributed by atoms with Crippen LogP contribution in [0.5, 0.6) is 0 Å². The molecular formula is C23H17. The van der Waals surface area contributed by atoms with Crippen LogP contribution in [0.15, 0.2) is 100 Å². The van der Waals surface area contributed by atoms with Gasteiger partial charge in [-0.15, -0.1) is 0 Å². The molecule has 0 N–H and O–H groups in total. The molecule has 0 aromatic rings. The third kappa shape index (κ3) is 1.30. The highest BCUT2D eigenvalue weighted by Gasteiger charge is 2.54. The predicted octanol–water partition coefficient (Wildman–Crippen LogP) is 5.10. The molecule has 0 aromatic heterocycles. The van der Waals surface area contributed by atoms with Gasteiger partial charge in [0.25, 0.3) is 0 Å². The molecule has 0 nitrogen and oxygen atoms in total. The van der Waals surface area contributed by atoms with Gasteiger partial charge in [-0.25, -0.2) is 0 Å². The summed E-state index contributed by atoms with van der Waals surface area (Å²) in [5, 5.41) is 0. The van der Waals surface area contributed by atoms with E-state index in [0.717, 1.165) is 12.8 Å². The predicted molar refractivity (Wildman–Crippen MR) is 93.2 cm³/mol. The summed E-state index contributed by atoms with van der Waals surface area (Å²) in [6, 6.07) is 0. The summed E-state index contributed by atoms with van der Waals surface area (Å²) in [7, 11) is 0. The molecule has 3 atom stereocenters. The van der Waals surface area contributed by atoms with Crippen LogP contribution in [-0.2, 0) is 0 Å². The summed E-state index contributed by atoms with van der Waals surface area (Å²) in [4.78, 5) is 0. The van der Waals surface area contributed by atoms with Crippen molar-refractivity contribution in [1.29, 1.82) is 0 Å². The van der Waals surface area contributed by atoms with E-state index in [1.807, 2.05) is 0 Å². The number of rotatable bonds is 0. The molecule has 0 heteroatoms. The maximum Gasteiger partial charge on any atom is 0.0281 e. The summed E-state index contributed by atoms with van der Waals surface area (Å²) in [6.07, 6.45) is 31.4. The van der Waals surface area contributed by atoms with Gasteiger partial charge in [0, 0.05) is 17.3 Å². The Labute approximate surface area is 137 Å². The number of hydrogen-bond acceptors (Lipinski definition) is 0. The Morgan fingerprint density at radius 3 is 2.96 bits per heavy atom. The Balaban J connectivity index is 1.76. The van der Waals surface area contributed by atoms with Crippen LogP contribution in [0, 0.1) is 23.3 Å². The molecule has 3 unspecified atom stereocenters. The minimum Gasteiger partial charge on any atom is -0.0835 e. The van der Waals surface area contributed by atoms with Crippen LogP contribution < -0.4 is 0 Å². The quantitative estimate of drug-likeness (QED) is 0.545. The van der Waals surface area contributed by atoms with Crippen molar-refractivity contribution in [3.05, 3.63) is 106 Å². The van der Waals surface area contributed by atoms with Crippen molar-refractivity contribution in [2.24, 2.45) is 17.3 Å². The highest BCUT2D eigenvalue weighted by Crippen LogP contribution is 2.64. The second-order valence-corrected chi connectivity index (χ2v) is 7.25. The smallest absolute Gasteiger partial charge is 0.0281 e. The fraction of sp³-hybridized carbons (Fsp3) is 0.217. The number of allylic oxidation sites excluding steroid dienone is 18. The van der Waals surface area contributed by atoms with Gasteiger partial charge in [-0.2, -0.15) is 0 Å². The van der Waals surface area contributed by atoms with E-state index in [1.54, 1.807) is 11.1 Å². The van der Waals surface area contributed by atoms with Gasteiger partial charge in [0.1, 0.15) is 0 Å². The van der Waals surface area contributed by atoms with Crippen LogP contribution in [0.1, 0.15) is 12.8 Å². The van der Waals surface area contributed by atoms with Gasteiger partial charge >= 0.3 is 0 Å². The van der Waals surface area contributed by atoms with Gasteiger partial charge in [0.05, 0.1) is 0 Å². The van der Waals surface area contributed by atoms with Gasteiger partial charge in [0.15, 0.2) is 0 Å². The van der Waals surface area contributed by atoms with E-state index in [4.69, 9.17) is 0 Å². The molecular weight excluding hydrogens is 276 g/mol. The summed E-state index contributed by atoms with van der Waals surface area (Å²) in [5.74, 6) is 0.946. The molecule has 6 rings (SSSR count). The summed E-state index contributed by atoms with van der Waals surface area (Å²) in [6.45, 7) is 0. The molecule has 23 heavy (non-hydrogen) atoms. The zero-order valence-electron chi connectivity index (χ0n) is 12.9. The molecule has 1 radical (unpaired) electrons. The van der Waals surface area contributed by atoms with E-state index in [1.165, 1.54) is 22.3 Å². The standard InChI is InChI=1S/C23H17/c1-5-15-11-12-17-8-4-14-23-13-3-7-16-6-2-10-19(21(16)23)18(9-1)20(15)22(17)23/h1-7,10-11,13-14,21-22H,8-9H2. The lowest BCUT2D eigenvalue weighted by atomic mass is 9.47. The molecule has 6 aliphatic carbocycles. The molecule has 0 bridgehead atoms. The number of fused-ring (bicyclic) bond motifs is 1. The van der Waals surface area contributed by atoms with E-state index in [-0.39, 0.29) is 5.41 Å². The first-order chi connectivity index (χ1) is 11.4. The highest BCUT2D eigenvalue weighted by atomic mass is 14.6. The van der Waals surface area contributed by atoms with Gasteiger partial charge in [-0.05, 0) is 58.4 Å². The van der Waals surface area contributed by atoms with Crippen LogP contribution in [0.4, 0.5) is 0 Å². The molecule has 0 aliphatic heterocycles. The van der Waals surface area contributed by atoms with E-state index in [0.29, 0.717) is 11.8 Å². The third-order valence-electron chi connectivity index (χ3n) is 6.28. The first-order valence-corrected chi connectivity index (χ1v) is 8.57. The molecule has 0 heterocycles. The van der Waals surface area contributed by atoms with Crippen molar-refractivity contribution < 1.29 is 0 Å². The Morgan fingerprint density at radius 2 is 1.96 bits per heavy atom. The Bertz CT molecular complexity index is 917. The maximum atomic E-state index is 3.63. The fourth-order valence-electron chi connectivity index (χ4n) is 5.52. The highest BCUT2D eigenvalue weighted by molar-refractivity contribution is 5.68. The van der Waals surface area contributed by atoms with Crippen LogP contribution >= 0.6 is 0 Å². The number of hydrogen-bond donors (Lipinski definition) is 0. The maximum absolute atomic E-state index is 3.63. The Morgan fingerprint density at radius 1 is 0.957 bits per heavy atom. The van der Waals surface area contributed by atoms with Crippen LogP contribution in [0.3, 0.4) is 0 Å². The fourth-order valence-corrected chi connectivity index (χ4v) is 5.52. The normalized spacial score (nSPS) is 37.6. The average Bonchev–Trinajstić information content (AvgIpc) is 2.61. The largest absolute Gasteiger partial charge is 0.0835 e. The lowest BCUT2D eigenvalue weighted by Gasteiger charge is -2.55. The molecule has 0 saturated carbocycles. The van der Waals surface area contributed by atoms with Crippen LogP contribution in [0.2, 0.25) is 0 Å². The Kier molecular flexibility index (Phi) is 2.08. The zero-order chi connectivity index (χ0) is 15.0. The molecule has 6 aliphatic rings. The SMILES string of the molecule is [C]1=C2CC=CC34C=CC=C5C=CC=C(C6=C(C(=C1)C=CC6)C23)C54. The Hall–Kier alpha value is -2.34. The van der Waals surface area contributed by atoms with Crippen molar-refractivity contribution in [3.63, 3.8) is 0 Å². The average molecular weight is 293 g/mol.